The number of ether oxygens (including phenoxy) is 3. The van der Waals surface area contributed by atoms with Crippen LogP contribution < -0.4 is 17.2 Å². The zero-order valence-electron chi connectivity index (χ0n) is 22.2. The fourth-order valence-electron chi connectivity index (χ4n) is 4.15. The summed E-state index contributed by atoms with van der Waals surface area (Å²) in [4.78, 5) is 12.4. The molecule has 6 rings (SSSR count). The molecule has 3 aliphatic heterocycles. The Morgan fingerprint density at radius 3 is 2.00 bits per heavy atom. The highest BCUT2D eigenvalue weighted by Crippen LogP contribution is 2.33. The molecule has 0 saturated carbocycles. The van der Waals surface area contributed by atoms with E-state index in [0.717, 1.165) is 15.6 Å². The summed E-state index contributed by atoms with van der Waals surface area (Å²) in [6.45, 7) is 3.08. The average molecular weight is 701 g/mol. The molecule has 0 aromatic heterocycles. The molecule has 1 unspecified atom stereocenters. The van der Waals surface area contributed by atoms with Crippen LogP contribution in [0.5, 0.6) is 0 Å². The minimum atomic E-state index is -0.643. The topological polar surface area (TPSA) is 143 Å². The summed E-state index contributed by atoms with van der Waals surface area (Å²) in [5, 5.41) is 1.60. The molecule has 0 saturated heterocycles. The van der Waals surface area contributed by atoms with Crippen molar-refractivity contribution >= 4 is 68.8 Å². The third kappa shape index (κ3) is 8.19. The lowest BCUT2D eigenvalue weighted by molar-refractivity contribution is 0.266. The van der Waals surface area contributed by atoms with Crippen LogP contribution in [0.2, 0.25) is 15.1 Å². The third-order valence-corrected chi connectivity index (χ3v) is 7.79. The fraction of sp³-hybridized carbons (Fsp3) is 0.250. The van der Waals surface area contributed by atoms with E-state index in [9.17, 15) is 4.39 Å². The second kappa shape index (κ2) is 13.8. The SMILES string of the molecule is C[C@]1(c2cc(F)cc(Cl)c2)COC(N)=N1.NC1=NC(c2cc(Cl)ccc2Cl)CO1.NC1=N[C@@H](c2ccccc2Br)CO1. The van der Waals surface area contributed by atoms with Crippen LogP contribution in [0.1, 0.15) is 35.7 Å². The predicted octanol–water partition coefficient (Wildman–Crippen LogP) is 6.25. The number of benzene rings is 3. The van der Waals surface area contributed by atoms with Crippen molar-refractivity contribution < 1.29 is 18.6 Å². The van der Waals surface area contributed by atoms with Gasteiger partial charge in [-0.05, 0) is 60.5 Å². The highest BCUT2D eigenvalue weighted by Gasteiger charge is 2.33. The van der Waals surface area contributed by atoms with Gasteiger partial charge in [0.1, 0.15) is 43.3 Å². The molecule has 3 aromatic carbocycles. The van der Waals surface area contributed by atoms with Gasteiger partial charge in [0.05, 0.1) is 0 Å². The lowest BCUT2D eigenvalue weighted by atomic mass is 9.94. The van der Waals surface area contributed by atoms with Gasteiger partial charge in [0.2, 0.25) is 0 Å². The Morgan fingerprint density at radius 2 is 1.45 bits per heavy atom. The fourth-order valence-corrected chi connectivity index (χ4v) is 5.35. The maximum Gasteiger partial charge on any atom is 0.283 e. The molecule has 0 amide bonds. The highest BCUT2D eigenvalue weighted by atomic mass is 79.9. The van der Waals surface area contributed by atoms with Gasteiger partial charge in [0.15, 0.2) is 0 Å². The van der Waals surface area contributed by atoms with Gasteiger partial charge in [-0.2, -0.15) is 0 Å². The second-order valence-corrected chi connectivity index (χ2v) is 11.6. The number of nitrogens with zero attached hydrogens (tertiary/aromatic N) is 3. The van der Waals surface area contributed by atoms with E-state index in [2.05, 4.69) is 30.9 Å². The van der Waals surface area contributed by atoms with Crippen molar-refractivity contribution in [3.05, 3.63) is 103 Å². The van der Waals surface area contributed by atoms with Crippen LogP contribution in [0, 0.1) is 5.82 Å². The van der Waals surface area contributed by atoms with Gasteiger partial charge in [-0.25, -0.2) is 19.4 Å². The van der Waals surface area contributed by atoms with E-state index >= 15 is 0 Å². The third-order valence-electron chi connectivity index (χ3n) is 6.27. The number of amidine groups is 3. The van der Waals surface area contributed by atoms with E-state index in [4.69, 9.17) is 66.2 Å². The number of halogens is 5. The van der Waals surface area contributed by atoms with Crippen LogP contribution in [0.15, 0.2) is 80.1 Å². The van der Waals surface area contributed by atoms with Gasteiger partial charge in [0.25, 0.3) is 18.1 Å². The van der Waals surface area contributed by atoms with Crippen LogP contribution in [0.25, 0.3) is 0 Å². The zero-order valence-corrected chi connectivity index (χ0v) is 26.1. The standard InChI is InChI=1S/C10H10ClFN2O.C9H9BrN2O.C9H8Cl2N2O/c1-10(5-15-9(13)14-10)6-2-7(11)4-8(12)3-6;10-7-4-2-1-3-6(7)8-5-13-9(11)12-8;10-5-1-2-7(11)6(3-5)8-4-14-9(12)13-8/h2-4H,5H2,1H3,(H2,13,14);1-4,8H,5H2,(H2,11,12);1-3,8H,4H2,(H2,12,13)/t10-;8-;/m11./s1. The number of hydrogen-bond donors (Lipinski definition) is 3. The molecule has 0 aliphatic carbocycles. The summed E-state index contributed by atoms with van der Waals surface area (Å²) < 4.78 is 29.4. The molecule has 14 heteroatoms. The molecule has 3 aromatic rings. The maximum absolute atomic E-state index is 13.1. The summed E-state index contributed by atoms with van der Waals surface area (Å²) in [6.07, 6.45) is 0. The summed E-state index contributed by atoms with van der Waals surface area (Å²) in [5.41, 5.74) is 18.2. The van der Waals surface area contributed by atoms with Crippen molar-refractivity contribution in [2.45, 2.75) is 24.5 Å². The molecule has 6 N–H and O–H groups in total. The molecule has 222 valence electrons. The van der Waals surface area contributed by atoms with Crippen molar-refractivity contribution in [3.8, 4) is 0 Å². The van der Waals surface area contributed by atoms with Crippen LogP contribution >= 0.6 is 50.7 Å². The maximum atomic E-state index is 13.1. The molecule has 42 heavy (non-hydrogen) atoms. The Kier molecular flexibility index (Phi) is 10.4. The summed E-state index contributed by atoms with van der Waals surface area (Å²) in [6, 6.07) is 18.0. The molecule has 3 aliphatic rings. The first-order valence-electron chi connectivity index (χ1n) is 12.5. The van der Waals surface area contributed by atoms with E-state index in [1.54, 1.807) is 24.3 Å². The largest absolute Gasteiger partial charge is 0.463 e. The first-order chi connectivity index (χ1) is 19.9. The van der Waals surface area contributed by atoms with Gasteiger partial charge >= 0.3 is 0 Å². The summed E-state index contributed by atoms with van der Waals surface area (Å²) in [7, 11) is 0. The Morgan fingerprint density at radius 1 is 0.810 bits per heavy atom. The molecular formula is C28H27BrCl3FN6O3. The van der Waals surface area contributed by atoms with Gasteiger partial charge < -0.3 is 31.4 Å². The Labute approximate surface area is 265 Å². The molecule has 0 bridgehead atoms. The summed E-state index contributed by atoms with van der Waals surface area (Å²) in [5.74, 6) is -0.389. The molecule has 3 atom stereocenters. The molecule has 9 nitrogen and oxygen atoms in total. The van der Waals surface area contributed by atoms with Gasteiger partial charge in [0, 0.05) is 25.1 Å². The van der Waals surface area contributed by atoms with Crippen molar-refractivity contribution in [3.63, 3.8) is 0 Å². The van der Waals surface area contributed by atoms with Crippen molar-refractivity contribution in [2.24, 2.45) is 32.2 Å². The number of hydrogen-bond acceptors (Lipinski definition) is 9. The Bertz CT molecular complexity index is 1520. The predicted molar refractivity (Wildman–Crippen MR) is 168 cm³/mol. The second-order valence-electron chi connectivity index (χ2n) is 9.45. The Balaban J connectivity index is 0.000000145. The zero-order chi connectivity index (χ0) is 30.4. The van der Waals surface area contributed by atoms with E-state index in [0.29, 0.717) is 40.5 Å². The number of aliphatic imine (C=N–C) groups is 3. The first kappa shape index (κ1) is 31.7. The van der Waals surface area contributed by atoms with Crippen molar-refractivity contribution in [2.75, 3.05) is 19.8 Å². The molecule has 3 heterocycles. The highest BCUT2D eigenvalue weighted by molar-refractivity contribution is 9.10. The van der Waals surface area contributed by atoms with E-state index < -0.39 is 5.54 Å². The Hall–Kier alpha value is -3.25. The molecule has 0 radical (unpaired) electrons. The van der Waals surface area contributed by atoms with Gasteiger partial charge in [-0.3, -0.25) is 0 Å². The van der Waals surface area contributed by atoms with Crippen LogP contribution in [0.3, 0.4) is 0 Å². The lowest BCUT2D eigenvalue weighted by Crippen LogP contribution is -2.20. The van der Waals surface area contributed by atoms with Crippen LogP contribution in [0.4, 0.5) is 4.39 Å². The average Bonchev–Trinajstić information content (AvgIpc) is 3.66. The quantitative estimate of drug-likeness (QED) is 0.295. The molecule has 0 fully saturated rings. The number of rotatable bonds is 3. The minimum Gasteiger partial charge on any atom is -0.463 e. The van der Waals surface area contributed by atoms with Crippen molar-refractivity contribution in [1.29, 1.82) is 0 Å². The van der Waals surface area contributed by atoms with Gasteiger partial charge in [-0.1, -0.05) is 68.9 Å². The molecule has 0 spiro atoms. The monoisotopic (exact) mass is 698 g/mol. The first-order valence-corrected chi connectivity index (χ1v) is 14.4. The lowest BCUT2D eigenvalue weighted by Gasteiger charge is -2.18. The summed E-state index contributed by atoms with van der Waals surface area (Å²) >= 11 is 21.1. The minimum absolute atomic E-state index is 0.0376. The van der Waals surface area contributed by atoms with Crippen LogP contribution in [-0.4, -0.2) is 37.9 Å². The van der Waals surface area contributed by atoms with Crippen molar-refractivity contribution in [1.82, 2.24) is 0 Å². The smallest absolute Gasteiger partial charge is 0.283 e. The van der Waals surface area contributed by atoms with Gasteiger partial charge in [-0.15, -0.1) is 0 Å². The number of nitrogens with two attached hydrogens (primary N) is 3. The van der Waals surface area contributed by atoms with Crippen LogP contribution in [-0.2, 0) is 19.7 Å². The van der Waals surface area contributed by atoms with E-state index in [1.807, 2.05) is 31.2 Å². The van der Waals surface area contributed by atoms with E-state index in [1.165, 1.54) is 12.1 Å². The molecular weight excluding hydrogens is 674 g/mol. The van der Waals surface area contributed by atoms with E-state index in [-0.39, 0.29) is 36.0 Å². The normalized spacial score (nSPS) is 22.2.